The summed E-state index contributed by atoms with van der Waals surface area (Å²) in [7, 11) is 0. The third kappa shape index (κ3) is 2.32. The fourth-order valence-electron chi connectivity index (χ4n) is 2.19. The molecule has 0 saturated heterocycles. The molecule has 1 aromatic heterocycles. The Hall–Kier alpha value is -1.78. The number of rotatable bonds is 2. The fourth-order valence-corrected chi connectivity index (χ4v) is 2.79. The van der Waals surface area contributed by atoms with Crippen molar-refractivity contribution in [2.45, 2.75) is 0 Å². The molecule has 3 rings (SSSR count). The van der Waals surface area contributed by atoms with E-state index >= 15 is 0 Å². The number of ketones is 1. The molecule has 0 aliphatic carbocycles. The summed E-state index contributed by atoms with van der Waals surface area (Å²) in [5.41, 5.74) is 8.20. The van der Waals surface area contributed by atoms with Gasteiger partial charge in [0.15, 0.2) is 5.78 Å². The van der Waals surface area contributed by atoms with E-state index in [0.717, 1.165) is 15.4 Å². The second kappa shape index (κ2) is 4.96. The molecular formula is C15H10BrClN2O. The van der Waals surface area contributed by atoms with E-state index in [1.54, 1.807) is 24.4 Å². The molecule has 0 aliphatic heterocycles. The summed E-state index contributed by atoms with van der Waals surface area (Å²) >= 11 is 9.35. The zero-order valence-electron chi connectivity index (χ0n) is 10.3. The van der Waals surface area contributed by atoms with Crippen LogP contribution < -0.4 is 5.73 Å². The molecule has 0 saturated carbocycles. The van der Waals surface area contributed by atoms with Crippen molar-refractivity contribution in [3.05, 3.63) is 63.2 Å². The number of H-pyrrole nitrogens is 1. The molecule has 20 heavy (non-hydrogen) atoms. The van der Waals surface area contributed by atoms with Gasteiger partial charge in [0.2, 0.25) is 0 Å². The highest BCUT2D eigenvalue weighted by atomic mass is 79.9. The zero-order valence-corrected chi connectivity index (χ0v) is 12.6. The lowest BCUT2D eigenvalue weighted by Crippen LogP contribution is -2.01. The number of carbonyl (C=O) groups excluding carboxylic acids is 1. The quantitative estimate of drug-likeness (QED) is 0.532. The van der Waals surface area contributed by atoms with Gasteiger partial charge in [0.05, 0.1) is 0 Å². The van der Waals surface area contributed by atoms with Gasteiger partial charge in [-0.25, -0.2) is 0 Å². The van der Waals surface area contributed by atoms with Gasteiger partial charge in [-0.1, -0.05) is 33.6 Å². The molecule has 100 valence electrons. The van der Waals surface area contributed by atoms with Crippen molar-refractivity contribution in [3.8, 4) is 0 Å². The maximum Gasteiger partial charge on any atom is 0.195 e. The molecule has 3 nitrogen and oxygen atoms in total. The van der Waals surface area contributed by atoms with Crippen LogP contribution >= 0.6 is 27.5 Å². The highest BCUT2D eigenvalue weighted by molar-refractivity contribution is 9.10. The molecular weight excluding hydrogens is 340 g/mol. The van der Waals surface area contributed by atoms with E-state index in [0.29, 0.717) is 21.8 Å². The molecule has 3 N–H and O–H groups in total. The number of anilines is 1. The summed E-state index contributed by atoms with van der Waals surface area (Å²) in [5, 5.41) is 1.33. The topological polar surface area (TPSA) is 58.9 Å². The number of halogens is 2. The second-order valence-corrected chi connectivity index (χ2v) is 5.85. The van der Waals surface area contributed by atoms with Gasteiger partial charge < -0.3 is 10.7 Å². The molecule has 0 aliphatic rings. The number of nitrogen functional groups attached to an aromatic ring is 1. The monoisotopic (exact) mass is 348 g/mol. The minimum atomic E-state index is -0.104. The molecule has 5 heteroatoms. The van der Waals surface area contributed by atoms with Gasteiger partial charge in [-0.2, -0.15) is 0 Å². The lowest BCUT2D eigenvalue weighted by atomic mass is 10.0. The first-order valence-corrected chi connectivity index (χ1v) is 7.09. The maximum absolute atomic E-state index is 12.6. The lowest BCUT2D eigenvalue weighted by molar-refractivity contribution is 0.104. The van der Waals surface area contributed by atoms with Crippen LogP contribution in [-0.2, 0) is 0 Å². The highest BCUT2D eigenvalue weighted by Crippen LogP contribution is 2.26. The molecule has 2 aromatic carbocycles. The van der Waals surface area contributed by atoms with E-state index < -0.39 is 0 Å². The van der Waals surface area contributed by atoms with Crippen LogP contribution in [0.2, 0.25) is 5.02 Å². The van der Waals surface area contributed by atoms with Crippen LogP contribution in [0.1, 0.15) is 15.9 Å². The predicted octanol–water partition coefficient (Wildman–Crippen LogP) is 4.40. The van der Waals surface area contributed by atoms with Crippen LogP contribution in [0.25, 0.3) is 10.9 Å². The predicted molar refractivity (Wildman–Crippen MR) is 85.3 cm³/mol. The number of fused-ring (bicyclic) bond motifs is 1. The third-order valence-electron chi connectivity index (χ3n) is 3.07. The minimum absolute atomic E-state index is 0.104. The normalized spacial score (nSPS) is 10.9. The number of aromatic nitrogens is 1. The molecule has 0 bridgehead atoms. The molecule has 0 fully saturated rings. The minimum Gasteiger partial charge on any atom is -0.399 e. The Bertz CT molecular complexity index is 806. The summed E-state index contributed by atoms with van der Waals surface area (Å²) in [6, 6.07) is 10.6. The van der Waals surface area contributed by atoms with Crippen LogP contribution in [0.4, 0.5) is 5.69 Å². The molecule has 0 radical (unpaired) electrons. The van der Waals surface area contributed by atoms with Gasteiger partial charge in [-0.3, -0.25) is 4.79 Å². The summed E-state index contributed by atoms with van der Waals surface area (Å²) in [4.78, 5) is 15.7. The van der Waals surface area contributed by atoms with Crippen molar-refractivity contribution >= 4 is 49.9 Å². The third-order valence-corrected chi connectivity index (χ3v) is 3.78. The Labute approximate surface area is 128 Å². The number of aromatic amines is 1. The lowest BCUT2D eigenvalue weighted by Gasteiger charge is -2.03. The van der Waals surface area contributed by atoms with E-state index in [2.05, 4.69) is 20.9 Å². The summed E-state index contributed by atoms with van der Waals surface area (Å²) in [5.74, 6) is -0.104. The van der Waals surface area contributed by atoms with E-state index in [4.69, 9.17) is 17.3 Å². The number of nitrogens with one attached hydrogen (secondary N) is 1. The SMILES string of the molecule is Nc1cc(Cl)cc(C(=O)c2c[nH]c3cc(Br)ccc23)c1. The smallest absolute Gasteiger partial charge is 0.195 e. The molecule has 3 aromatic rings. The average molecular weight is 350 g/mol. The first-order valence-electron chi connectivity index (χ1n) is 5.92. The molecule has 1 heterocycles. The van der Waals surface area contributed by atoms with Crippen LogP contribution in [0, 0.1) is 0 Å². The summed E-state index contributed by atoms with van der Waals surface area (Å²) < 4.78 is 0.956. The van der Waals surface area contributed by atoms with Crippen molar-refractivity contribution in [1.29, 1.82) is 0 Å². The first kappa shape index (κ1) is 13.2. The van der Waals surface area contributed by atoms with E-state index in [1.165, 1.54) is 0 Å². The standard InChI is InChI=1S/C15H10BrClN2O/c16-9-1-2-12-13(7-19-14(12)5-9)15(20)8-3-10(17)6-11(18)4-8/h1-7,19H,18H2. The average Bonchev–Trinajstić information content (AvgIpc) is 2.79. The van der Waals surface area contributed by atoms with Gasteiger partial charge >= 0.3 is 0 Å². The first-order chi connectivity index (χ1) is 9.54. The second-order valence-electron chi connectivity index (χ2n) is 4.49. The Balaban J connectivity index is 2.12. The molecule has 0 spiro atoms. The highest BCUT2D eigenvalue weighted by Gasteiger charge is 2.15. The Morgan fingerprint density at radius 1 is 1.20 bits per heavy atom. The van der Waals surface area contributed by atoms with Gasteiger partial charge in [-0.15, -0.1) is 0 Å². The van der Waals surface area contributed by atoms with Crippen LogP contribution in [0.3, 0.4) is 0 Å². The number of hydrogen-bond donors (Lipinski definition) is 2. The molecule has 0 atom stereocenters. The van der Waals surface area contributed by atoms with Gasteiger partial charge in [0.25, 0.3) is 0 Å². The van der Waals surface area contributed by atoms with Crippen LogP contribution in [0.5, 0.6) is 0 Å². The van der Waals surface area contributed by atoms with E-state index in [1.807, 2.05) is 18.2 Å². The van der Waals surface area contributed by atoms with Crippen LogP contribution in [0.15, 0.2) is 47.1 Å². The summed E-state index contributed by atoms with van der Waals surface area (Å²) in [6.07, 6.45) is 1.70. The molecule has 0 amide bonds. The van der Waals surface area contributed by atoms with Crippen molar-refractivity contribution in [2.75, 3.05) is 5.73 Å². The maximum atomic E-state index is 12.6. The number of carbonyl (C=O) groups is 1. The van der Waals surface area contributed by atoms with Gasteiger partial charge in [-0.05, 0) is 30.3 Å². The Morgan fingerprint density at radius 2 is 2.00 bits per heavy atom. The van der Waals surface area contributed by atoms with Crippen molar-refractivity contribution < 1.29 is 4.79 Å². The molecule has 0 unspecified atom stereocenters. The van der Waals surface area contributed by atoms with Crippen molar-refractivity contribution in [1.82, 2.24) is 4.98 Å². The number of nitrogens with two attached hydrogens (primary N) is 1. The summed E-state index contributed by atoms with van der Waals surface area (Å²) in [6.45, 7) is 0. The Morgan fingerprint density at radius 3 is 2.75 bits per heavy atom. The number of hydrogen-bond acceptors (Lipinski definition) is 2. The fraction of sp³-hybridized carbons (Fsp3) is 0. The zero-order chi connectivity index (χ0) is 14.3. The van der Waals surface area contributed by atoms with Gasteiger partial charge in [0.1, 0.15) is 0 Å². The van der Waals surface area contributed by atoms with Crippen molar-refractivity contribution in [2.24, 2.45) is 0 Å². The van der Waals surface area contributed by atoms with Crippen molar-refractivity contribution in [3.63, 3.8) is 0 Å². The Kier molecular flexibility index (Phi) is 3.28. The number of benzene rings is 2. The largest absolute Gasteiger partial charge is 0.399 e. The van der Waals surface area contributed by atoms with Crippen LogP contribution in [-0.4, -0.2) is 10.8 Å². The van der Waals surface area contributed by atoms with E-state index in [9.17, 15) is 4.79 Å². The van der Waals surface area contributed by atoms with E-state index in [-0.39, 0.29) is 5.78 Å². The van der Waals surface area contributed by atoms with Gasteiger partial charge in [0, 0.05) is 43.4 Å².